The molecule has 0 bridgehead atoms. The van der Waals surface area contributed by atoms with E-state index in [9.17, 15) is 0 Å². The van der Waals surface area contributed by atoms with E-state index in [1.807, 2.05) is 0 Å². The predicted octanol–water partition coefficient (Wildman–Crippen LogP) is 3.72. The predicted molar refractivity (Wildman–Crippen MR) is 126 cm³/mol. The van der Waals surface area contributed by atoms with Gasteiger partial charge in [-0.05, 0) is 0 Å². The van der Waals surface area contributed by atoms with Crippen LogP contribution >= 0.6 is 0 Å². The fourth-order valence-corrected chi connectivity index (χ4v) is 17.5. The Morgan fingerprint density at radius 2 is 0.643 bits per heavy atom. The molecule has 0 saturated carbocycles. The van der Waals surface area contributed by atoms with Gasteiger partial charge in [-0.2, -0.15) is 0 Å². The molecule has 4 aromatic carbocycles. The van der Waals surface area contributed by atoms with E-state index in [0.29, 0.717) is 0 Å². The molecule has 0 spiro atoms. The molecule has 0 aromatic heterocycles. The van der Waals surface area contributed by atoms with Crippen LogP contribution in [0.15, 0.2) is 103 Å². The fraction of sp³-hybridized carbons (Fsp3) is 0.111. The van der Waals surface area contributed by atoms with Crippen molar-refractivity contribution in [2.75, 3.05) is 0 Å². The molecule has 0 unspecified atom stereocenters. The number of hydrogen-bond donors (Lipinski definition) is 0. The quantitative estimate of drug-likeness (QED) is 0.397. The van der Waals surface area contributed by atoms with E-state index in [0.717, 1.165) is 0 Å². The Kier molecular flexibility index (Phi) is 5.42. The van der Waals surface area contributed by atoms with Crippen molar-refractivity contribution in [3.05, 3.63) is 120 Å². The van der Waals surface area contributed by atoms with Crippen LogP contribution in [-0.2, 0) is 0 Å². The molecule has 4 rings (SSSR count). The Bertz CT molecular complexity index is 933. The van der Waals surface area contributed by atoms with E-state index in [2.05, 4.69) is 124 Å². The van der Waals surface area contributed by atoms with Gasteiger partial charge >= 0.3 is 173 Å². The Morgan fingerprint density at radius 3 is 0.964 bits per heavy atom. The molecule has 140 valence electrons. The van der Waals surface area contributed by atoms with Crippen LogP contribution in [0.25, 0.3) is 0 Å². The Morgan fingerprint density at radius 1 is 0.357 bits per heavy atom. The van der Waals surface area contributed by atoms with Crippen LogP contribution < -0.4 is 14.0 Å². The Balaban J connectivity index is 2.11. The zero-order valence-electron chi connectivity index (χ0n) is 16.8. The van der Waals surface area contributed by atoms with Crippen LogP contribution in [0.5, 0.6) is 0 Å². The second-order valence-corrected chi connectivity index (χ2v) is 18.6. The molecule has 0 amide bonds. The standard InChI is InChI=1S/3C7H7.C6H5.Sb.H/c3*1-7-5-3-2-4-6-7;1-2-4-6-5-3-1;;/h3*3-6H,1H3;1-5H;;. The molecule has 0 N–H and O–H groups in total. The summed E-state index contributed by atoms with van der Waals surface area (Å²) in [4.78, 5) is 0. The summed E-state index contributed by atoms with van der Waals surface area (Å²) in [6.45, 7) is 6.50. The van der Waals surface area contributed by atoms with Crippen molar-refractivity contribution >= 4 is 32.8 Å². The summed E-state index contributed by atoms with van der Waals surface area (Å²) in [7, 11) is 0. The van der Waals surface area contributed by atoms with E-state index in [1.54, 1.807) is 0 Å². The molecule has 0 fully saturated rings. The molecule has 4 aromatic rings. The number of hydrogen-bond acceptors (Lipinski definition) is 0. The number of rotatable bonds is 4. The first-order valence-electron chi connectivity index (χ1n) is 9.87. The van der Waals surface area contributed by atoms with Crippen molar-refractivity contribution in [1.29, 1.82) is 0 Å². The van der Waals surface area contributed by atoms with Crippen LogP contribution in [0.1, 0.15) is 16.7 Å². The van der Waals surface area contributed by atoms with Gasteiger partial charge in [-0.3, -0.25) is 0 Å². The first kappa shape index (κ1) is 19.0. The topological polar surface area (TPSA) is 0 Å². The fourth-order valence-electron chi connectivity index (χ4n) is 4.10. The zero-order valence-corrected chi connectivity index (χ0v) is 19.7. The Hall–Kier alpha value is -2.30. The summed E-state index contributed by atoms with van der Waals surface area (Å²) in [6, 6.07) is 39.1. The SMILES string of the molecule is Cc1cc[c]([SbH]([c]2ccccc2)([c]2ccc(C)cc2)[c]2ccc(C)cc2)cc1. The third kappa shape index (κ3) is 3.43. The maximum atomic E-state index is 2.37. The van der Waals surface area contributed by atoms with Gasteiger partial charge in [0.2, 0.25) is 0 Å². The van der Waals surface area contributed by atoms with E-state index in [-0.39, 0.29) is 0 Å². The summed E-state index contributed by atoms with van der Waals surface area (Å²) >= 11 is -3.40. The molecular weight excluding hydrogens is 446 g/mol. The van der Waals surface area contributed by atoms with Gasteiger partial charge in [0.15, 0.2) is 0 Å². The van der Waals surface area contributed by atoms with Gasteiger partial charge in [0.05, 0.1) is 0 Å². The van der Waals surface area contributed by atoms with Crippen molar-refractivity contribution in [2.45, 2.75) is 20.8 Å². The molecule has 0 saturated heterocycles. The van der Waals surface area contributed by atoms with Crippen LogP contribution in [0.3, 0.4) is 0 Å². The van der Waals surface area contributed by atoms with Crippen LogP contribution in [0, 0.1) is 20.8 Å². The van der Waals surface area contributed by atoms with E-state index in [1.165, 1.54) is 30.7 Å². The van der Waals surface area contributed by atoms with E-state index < -0.39 is 18.8 Å². The summed E-state index contributed by atoms with van der Waals surface area (Å²) < 4.78 is 5.99. The van der Waals surface area contributed by atoms with E-state index in [4.69, 9.17) is 0 Å². The number of aryl methyl sites for hydroxylation is 3. The van der Waals surface area contributed by atoms with Gasteiger partial charge < -0.3 is 0 Å². The minimum absolute atomic E-state index is 1.31. The molecule has 0 nitrogen and oxygen atoms in total. The third-order valence-electron chi connectivity index (χ3n) is 5.66. The van der Waals surface area contributed by atoms with Crippen molar-refractivity contribution in [3.63, 3.8) is 0 Å². The Labute approximate surface area is 172 Å². The molecule has 1 heteroatoms. The molecular formula is C27H27Sb. The molecule has 0 radical (unpaired) electrons. The maximum absolute atomic E-state index is 3.40. The van der Waals surface area contributed by atoms with Crippen LogP contribution in [0.2, 0.25) is 0 Å². The van der Waals surface area contributed by atoms with Gasteiger partial charge in [0.25, 0.3) is 0 Å². The molecule has 0 aliphatic carbocycles. The first-order valence-corrected chi connectivity index (χ1v) is 15.6. The second-order valence-electron chi connectivity index (χ2n) is 7.71. The zero-order chi connectivity index (χ0) is 19.6. The van der Waals surface area contributed by atoms with Gasteiger partial charge in [-0.1, -0.05) is 0 Å². The van der Waals surface area contributed by atoms with Crippen molar-refractivity contribution in [2.24, 2.45) is 0 Å². The monoisotopic (exact) mass is 472 g/mol. The summed E-state index contributed by atoms with van der Waals surface area (Å²) in [5.74, 6) is 0. The van der Waals surface area contributed by atoms with Gasteiger partial charge in [-0.15, -0.1) is 0 Å². The van der Waals surface area contributed by atoms with Crippen molar-refractivity contribution in [1.82, 2.24) is 0 Å². The van der Waals surface area contributed by atoms with Crippen molar-refractivity contribution < 1.29 is 0 Å². The van der Waals surface area contributed by atoms with Gasteiger partial charge in [0.1, 0.15) is 0 Å². The normalized spacial score (nSPS) is 12.0. The van der Waals surface area contributed by atoms with Crippen LogP contribution in [-0.4, -0.2) is 18.8 Å². The molecule has 28 heavy (non-hydrogen) atoms. The average molecular weight is 473 g/mol. The van der Waals surface area contributed by atoms with Crippen LogP contribution in [0.4, 0.5) is 0 Å². The average Bonchev–Trinajstić information content (AvgIpc) is 2.73. The molecule has 0 aliphatic heterocycles. The summed E-state index contributed by atoms with van der Waals surface area (Å²) in [5.41, 5.74) is 3.93. The number of benzene rings is 4. The molecule has 0 heterocycles. The van der Waals surface area contributed by atoms with Crippen molar-refractivity contribution in [3.8, 4) is 0 Å². The minimum atomic E-state index is -3.40. The molecule has 0 aliphatic rings. The third-order valence-corrected chi connectivity index (χ3v) is 19.4. The van der Waals surface area contributed by atoms with Gasteiger partial charge in [0, 0.05) is 0 Å². The summed E-state index contributed by atoms with van der Waals surface area (Å²) in [5, 5.41) is 0. The van der Waals surface area contributed by atoms with E-state index >= 15 is 0 Å². The second kappa shape index (κ2) is 7.98. The first-order chi connectivity index (χ1) is 13.6. The summed E-state index contributed by atoms with van der Waals surface area (Å²) in [6.07, 6.45) is 0. The molecule has 0 atom stereocenters. The van der Waals surface area contributed by atoms with Gasteiger partial charge in [-0.25, -0.2) is 0 Å².